The normalized spacial score (nSPS) is 11.8. The van der Waals surface area contributed by atoms with E-state index in [0.717, 1.165) is 15.8 Å². The second kappa shape index (κ2) is 7.49. The van der Waals surface area contributed by atoms with E-state index in [4.69, 9.17) is 11.6 Å². The number of aromatic nitrogens is 3. The SMILES string of the molecule is Cc1c(Cl)cccc1NC(=O)[C@@H](C)n1ncc(-c2ccccc2)nc1=O. The van der Waals surface area contributed by atoms with Crippen LogP contribution in [0.4, 0.5) is 5.69 Å². The van der Waals surface area contributed by atoms with Crippen molar-refractivity contribution in [1.29, 1.82) is 0 Å². The highest BCUT2D eigenvalue weighted by Crippen LogP contribution is 2.23. The minimum absolute atomic E-state index is 0.376. The summed E-state index contributed by atoms with van der Waals surface area (Å²) in [5, 5.41) is 7.44. The zero-order valence-electron chi connectivity index (χ0n) is 14.3. The highest BCUT2D eigenvalue weighted by molar-refractivity contribution is 6.31. The van der Waals surface area contributed by atoms with Gasteiger partial charge in [0, 0.05) is 16.3 Å². The summed E-state index contributed by atoms with van der Waals surface area (Å²) in [4.78, 5) is 28.9. The molecule has 0 saturated heterocycles. The van der Waals surface area contributed by atoms with Gasteiger partial charge >= 0.3 is 5.69 Å². The van der Waals surface area contributed by atoms with Crippen molar-refractivity contribution in [3.63, 3.8) is 0 Å². The van der Waals surface area contributed by atoms with Crippen LogP contribution in [0.1, 0.15) is 18.5 Å². The molecule has 1 amide bonds. The Hall–Kier alpha value is -2.99. The summed E-state index contributed by atoms with van der Waals surface area (Å²) in [5.41, 5.74) is 2.02. The maximum absolute atomic E-state index is 12.5. The Labute approximate surface area is 155 Å². The average Bonchev–Trinajstić information content (AvgIpc) is 2.65. The first kappa shape index (κ1) is 17.8. The Morgan fingerprint density at radius 1 is 1.15 bits per heavy atom. The topological polar surface area (TPSA) is 76.9 Å². The number of hydrogen-bond donors (Lipinski definition) is 1. The molecule has 0 spiro atoms. The van der Waals surface area contributed by atoms with Gasteiger partial charge in [-0.05, 0) is 31.5 Å². The molecule has 0 unspecified atom stereocenters. The standard InChI is InChI=1S/C19H17ClN4O2/c1-12-15(20)9-6-10-16(12)22-18(25)13(2)24-19(26)23-17(11-21-24)14-7-4-3-5-8-14/h3-11,13H,1-2H3,(H,22,25)/t13-/m1/s1. The highest BCUT2D eigenvalue weighted by Gasteiger charge is 2.19. The van der Waals surface area contributed by atoms with Crippen LogP contribution < -0.4 is 11.0 Å². The van der Waals surface area contributed by atoms with Gasteiger partial charge in [-0.2, -0.15) is 10.1 Å². The summed E-state index contributed by atoms with van der Waals surface area (Å²) in [6, 6.07) is 13.7. The number of nitrogens with zero attached hydrogens (tertiary/aromatic N) is 3. The second-order valence-electron chi connectivity index (χ2n) is 5.81. The fourth-order valence-corrected chi connectivity index (χ4v) is 2.63. The van der Waals surface area contributed by atoms with Gasteiger partial charge in [-0.3, -0.25) is 4.79 Å². The molecule has 6 nitrogen and oxygen atoms in total. The van der Waals surface area contributed by atoms with Gasteiger partial charge in [0.15, 0.2) is 0 Å². The third kappa shape index (κ3) is 3.65. The van der Waals surface area contributed by atoms with Crippen molar-refractivity contribution in [2.24, 2.45) is 0 Å². The molecule has 0 aliphatic rings. The molecule has 3 aromatic rings. The summed E-state index contributed by atoms with van der Waals surface area (Å²) in [6.45, 7) is 3.40. The first-order chi connectivity index (χ1) is 12.5. The zero-order chi connectivity index (χ0) is 18.7. The number of carbonyl (C=O) groups is 1. The lowest BCUT2D eigenvalue weighted by molar-refractivity contribution is -0.119. The van der Waals surface area contributed by atoms with Crippen molar-refractivity contribution in [3.05, 3.63) is 75.8 Å². The Morgan fingerprint density at radius 3 is 2.58 bits per heavy atom. The van der Waals surface area contributed by atoms with E-state index in [1.54, 1.807) is 25.1 Å². The van der Waals surface area contributed by atoms with Gasteiger partial charge in [0.05, 0.1) is 11.9 Å². The Bertz CT molecular complexity index is 1000. The maximum atomic E-state index is 12.5. The van der Waals surface area contributed by atoms with Crippen molar-refractivity contribution in [1.82, 2.24) is 14.8 Å². The molecule has 0 bridgehead atoms. The fraction of sp³-hybridized carbons (Fsp3) is 0.158. The average molecular weight is 369 g/mol. The molecule has 0 radical (unpaired) electrons. The molecule has 0 saturated carbocycles. The second-order valence-corrected chi connectivity index (χ2v) is 6.22. The Kier molecular flexibility index (Phi) is 5.14. The van der Waals surface area contributed by atoms with Gasteiger partial charge in [-0.25, -0.2) is 9.48 Å². The molecule has 0 aliphatic carbocycles. The summed E-state index contributed by atoms with van der Waals surface area (Å²) < 4.78 is 1.06. The molecule has 1 atom stereocenters. The molecule has 1 aromatic heterocycles. The van der Waals surface area contributed by atoms with Crippen LogP contribution in [0.3, 0.4) is 0 Å². The van der Waals surface area contributed by atoms with Gasteiger partial charge in [-0.15, -0.1) is 0 Å². The van der Waals surface area contributed by atoms with E-state index in [1.807, 2.05) is 37.3 Å². The van der Waals surface area contributed by atoms with Crippen LogP contribution in [0.15, 0.2) is 59.5 Å². The van der Waals surface area contributed by atoms with E-state index in [0.29, 0.717) is 16.4 Å². The lowest BCUT2D eigenvalue weighted by Gasteiger charge is -2.15. The van der Waals surface area contributed by atoms with Gasteiger partial charge in [0.1, 0.15) is 6.04 Å². The molecular formula is C19H17ClN4O2. The number of nitrogens with one attached hydrogen (secondary N) is 1. The molecule has 7 heteroatoms. The number of hydrogen-bond acceptors (Lipinski definition) is 4. The van der Waals surface area contributed by atoms with Gasteiger partial charge < -0.3 is 5.32 Å². The third-order valence-electron chi connectivity index (χ3n) is 4.06. The first-order valence-electron chi connectivity index (χ1n) is 8.04. The van der Waals surface area contributed by atoms with Crippen molar-refractivity contribution in [3.8, 4) is 11.3 Å². The number of benzene rings is 2. The number of carbonyl (C=O) groups excluding carboxylic acids is 1. The summed E-state index contributed by atoms with van der Waals surface area (Å²) in [5.74, 6) is -0.376. The van der Waals surface area contributed by atoms with Crippen LogP contribution >= 0.6 is 11.6 Å². The van der Waals surface area contributed by atoms with Crippen molar-refractivity contribution < 1.29 is 4.79 Å². The van der Waals surface area contributed by atoms with Crippen LogP contribution in [-0.2, 0) is 4.79 Å². The van der Waals surface area contributed by atoms with Crippen molar-refractivity contribution in [2.45, 2.75) is 19.9 Å². The molecule has 0 aliphatic heterocycles. The van der Waals surface area contributed by atoms with E-state index >= 15 is 0 Å². The first-order valence-corrected chi connectivity index (χ1v) is 8.42. The molecule has 1 N–H and O–H groups in total. The van der Waals surface area contributed by atoms with E-state index in [2.05, 4.69) is 15.4 Å². The van der Waals surface area contributed by atoms with Crippen LogP contribution in [0, 0.1) is 6.92 Å². The highest BCUT2D eigenvalue weighted by atomic mass is 35.5. The Balaban J connectivity index is 1.83. The lowest BCUT2D eigenvalue weighted by Crippen LogP contribution is -2.35. The van der Waals surface area contributed by atoms with Crippen LogP contribution in [-0.4, -0.2) is 20.7 Å². The maximum Gasteiger partial charge on any atom is 0.365 e. The molecule has 1 heterocycles. The number of anilines is 1. The van der Waals surface area contributed by atoms with Crippen LogP contribution in [0.2, 0.25) is 5.02 Å². The molecule has 26 heavy (non-hydrogen) atoms. The van der Waals surface area contributed by atoms with Gasteiger partial charge in [0.25, 0.3) is 0 Å². The minimum atomic E-state index is -0.821. The van der Waals surface area contributed by atoms with E-state index in [-0.39, 0.29) is 5.91 Å². The summed E-state index contributed by atoms with van der Waals surface area (Å²) >= 11 is 6.07. The van der Waals surface area contributed by atoms with Crippen molar-refractivity contribution >= 4 is 23.2 Å². The Morgan fingerprint density at radius 2 is 1.88 bits per heavy atom. The summed E-state index contributed by atoms with van der Waals surface area (Å²) in [7, 11) is 0. The number of amides is 1. The molecule has 2 aromatic carbocycles. The fourth-order valence-electron chi connectivity index (χ4n) is 2.45. The quantitative estimate of drug-likeness (QED) is 0.765. The predicted octanol–water partition coefficient (Wildman–Crippen LogP) is 3.47. The van der Waals surface area contributed by atoms with Gasteiger partial charge in [0.2, 0.25) is 5.91 Å². The number of rotatable bonds is 4. The largest absolute Gasteiger partial charge is 0.365 e. The predicted molar refractivity (Wildman–Crippen MR) is 101 cm³/mol. The van der Waals surface area contributed by atoms with Crippen LogP contribution in [0.5, 0.6) is 0 Å². The van der Waals surface area contributed by atoms with Gasteiger partial charge in [-0.1, -0.05) is 48.0 Å². The monoisotopic (exact) mass is 368 g/mol. The smallest absolute Gasteiger partial charge is 0.324 e. The lowest BCUT2D eigenvalue weighted by atomic mass is 10.2. The van der Waals surface area contributed by atoms with E-state index < -0.39 is 11.7 Å². The minimum Gasteiger partial charge on any atom is -0.324 e. The summed E-state index contributed by atoms with van der Waals surface area (Å²) in [6.07, 6.45) is 1.48. The molecular weight excluding hydrogens is 352 g/mol. The molecule has 132 valence electrons. The number of halogens is 1. The van der Waals surface area contributed by atoms with Crippen LogP contribution in [0.25, 0.3) is 11.3 Å². The zero-order valence-corrected chi connectivity index (χ0v) is 15.1. The van der Waals surface area contributed by atoms with Crippen molar-refractivity contribution in [2.75, 3.05) is 5.32 Å². The molecule has 0 fully saturated rings. The third-order valence-corrected chi connectivity index (χ3v) is 4.47. The van der Waals surface area contributed by atoms with E-state index in [9.17, 15) is 9.59 Å². The van der Waals surface area contributed by atoms with E-state index in [1.165, 1.54) is 6.20 Å². The molecule has 3 rings (SSSR count).